The maximum atomic E-state index is 12.0. The Kier molecular flexibility index (Phi) is 5.35. The molecule has 0 saturated heterocycles. The topological polar surface area (TPSA) is 27.1 Å². The number of hydrogen-bond acceptors (Lipinski definition) is 2. The second-order valence-electron chi connectivity index (χ2n) is 3.91. The zero-order chi connectivity index (χ0) is 13.8. The average molecular weight is 401 g/mol. The molecule has 0 saturated carbocycles. The van der Waals surface area contributed by atoms with E-state index in [1.54, 1.807) is 0 Å². The summed E-state index contributed by atoms with van der Waals surface area (Å²) in [6, 6.07) is 5.88. The fraction of sp³-hybridized carbons (Fsp3) is 0.417. The van der Waals surface area contributed by atoms with Gasteiger partial charge in [0.05, 0.1) is 23.5 Å². The van der Waals surface area contributed by atoms with Gasteiger partial charge < -0.3 is 9.30 Å². The Hall–Kier alpha value is -0.470. The quantitative estimate of drug-likeness (QED) is 0.420. The smallest absolute Gasteiger partial charge is 0.261 e. The summed E-state index contributed by atoms with van der Waals surface area (Å²) in [6.07, 6.45) is -2.44. The Morgan fingerprint density at radius 3 is 2.89 bits per heavy atom. The molecule has 3 nitrogen and oxygen atoms in total. The Morgan fingerprint density at radius 1 is 1.42 bits per heavy atom. The number of fused-ring (bicyclic) bond motifs is 1. The normalized spacial score (nSPS) is 11.6. The van der Waals surface area contributed by atoms with E-state index in [1.165, 1.54) is 0 Å². The Balaban J connectivity index is 2.16. The summed E-state index contributed by atoms with van der Waals surface area (Å²) in [5, 5.41) is 0. The molecule has 0 fully saturated rings. The standard InChI is InChI=1S/C12H12ClF2IN2O/c13-6-12-17-9-5-8(16)1-2-10(9)18(12)3-4-19-7-11(14)15/h1-2,5,11H,3-4,6-7H2. The monoisotopic (exact) mass is 400 g/mol. The van der Waals surface area contributed by atoms with Gasteiger partial charge in [-0.15, -0.1) is 11.6 Å². The van der Waals surface area contributed by atoms with Crippen molar-refractivity contribution in [2.75, 3.05) is 13.2 Å². The molecule has 0 N–H and O–H groups in total. The van der Waals surface area contributed by atoms with Gasteiger partial charge in [-0.2, -0.15) is 0 Å². The molecule has 0 atom stereocenters. The average Bonchev–Trinajstić information content (AvgIpc) is 2.71. The maximum absolute atomic E-state index is 12.0. The molecule has 19 heavy (non-hydrogen) atoms. The van der Waals surface area contributed by atoms with Crippen molar-refractivity contribution in [2.24, 2.45) is 0 Å². The molecule has 0 spiro atoms. The van der Waals surface area contributed by atoms with Crippen LogP contribution in [-0.2, 0) is 17.2 Å². The molecule has 0 aliphatic rings. The number of aromatic nitrogens is 2. The number of nitrogens with zero attached hydrogens (tertiary/aromatic N) is 2. The number of rotatable bonds is 6. The van der Waals surface area contributed by atoms with Crippen LogP contribution in [0.5, 0.6) is 0 Å². The molecular formula is C12H12ClF2IN2O. The van der Waals surface area contributed by atoms with Gasteiger partial charge in [-0.25, -0.2) is 13.8 Å². The van der Waals surface area contributed by atoms with Crippen molar-refractivity contribution in [2.45, 2.75) is 18.9 Å². The number of hydrogen-bond donors (Lipinski definition) is 0. The highest BCUT2D eigenvalue weighted by Gasteiger charge is 2.10. The first-order chi connectivity index (χ1) is 9.11. The summed E-state index contributed by atoms with van der Waals surface area (Å²) in [4.78, 5) is 4.43. The van der Waals surface area contributed by atoms with E-state index in [2.05, 4.69) is 27.6 Å². The van der Waals surface area contributed by atoms with Crippen molar-refractivity contribution in [1.29, 1.82) is 0 Å². The summed E-state index contributed by atoms with van der Waals surface area (Å²) in [7, 11) is 0. The van der Waals surface area contributed by atoms with Crippen LogP contribution in [0.25, 0.3) is 11.0 Å². The SMILES string of the molecule is FC(F)COCCn1c(CCl)nc2cc(I)ccc21. The molecule has 104 valence electrons. The van der Waals surface area contributed by atoms with Crippen molar-refractivity contribution in [1.82, 2.24) is 9.55 Å². The number of ether oxygens (including phenoxy) is 1. The lowest BCUT2D eigenvalue weighted by molar-refractivity contribution is 0.0149. The van der Waals surface area contributed by atoms with Crippen molar-refractivity contribution < 1.29 is 13.5 Å². The lowest BCUT2D eigenvalue weighted by Gasteiger charge is -2.08. The number of imidazole rings is 1. The zero-order valence-corrected chi connectivity index (χ0v) is 12.9. The molecule has 0 radical (unpaired) electrons. The molecule has 0 aliphatic carbocycles. The molecule has 1 aromatic heterocycles. The van der Waals surface area contributed by atoms with Gasteiger partial charge in [0, 0.05) is 10.1 Å². The van der Waals surface area contributed by atoms with E-state index in [9.17, 15) is 8.78 Å². The first kappa shape index (κ1) is 14.9. The lowest BCUT2D eigenvalue weighted by atomic mass is 10.3. The highest BCUT2D eigenvalue weighted by molar-refractivity contribution is 14.1. The van der Waals surface area contributed by atoms with Gasteiger partial charge in [0.1, 0.15) is 12.4 Å². The van der Waals surface area contributed by atoms with Crippen molar-refractivity contribution in [3.05, 3.63) is 27.6 Å². The van der Waals surface area contributed by atoms with Gasteiger partial charge in [-0.1, -0.05) is 0 Å². The van der Waals surface area contributed by atoms with Gasteiger partial charge in [-0.05, 0) is 40.8 Å². The van der Waals surface area contributed by atoms with E-state index in [4.69, 9.17) is 16.3 Å². The summed E-state index contributed by atoms with van der Waals surface area (Å²) < 4.78 is 31.8. The van der Waals surface area contributed by atoms with E-state index in [-0.39, 0.29) is 12.5 Å². The third-order valence-electron chi connectivity index (χ3n) is 2.61. The highest BCUT2D eigenvalue weighted by Crippen LogP contribution is 2.20. The van der Waals surface area contributed by atoms with Crippen LogP contribution in [0.3, 0.4) is 0 Å². The van der Waals surface area contributed by atoms with Crippen LogP contribution in [0.4, 0.5) is 8.78 Å². The molecule has 2 aromatic rings. The molecule has 0 bridgehead atoms. The van der Waals surface area contributed by atoms with Crippen LogP contribution in [0.2, 0.25) is 0 Å². The van der Waals surface area contributed by atoms with Crippen LogP contribution >= 0.6 is 34.2 Å². The van der Waals surface area contributed by atoms with Crippen LogP contribution in [-0.4, -0.2) is 29.2 Å². The van der Waals surface area contributed by atoms with Gasteiger partial charge >= 0.3 is 0 Å². The predicted molar refractivity (Wildman–Crippen MR) is 78.8 cm³/mol. The highest BCUT2D eigenvalue weighted by atomic mass is 127. The maximum Gasteiger partial charge on any atom is 0.261 e. The largest absolute Gasteiger partial charge is 0.374 e. The second kappa shape index (κ2) is 6.81. The van der Waals surface area contributed by atoms with E-state index >= 15 is 0 Å². The van der Waals surface area contributed by atoms with Crippen LogP contribution < -0.4 is 0 Å². The van der Waals surface area contributed by atoms with Gasteiger partial charge in [0.2, 0.25) is 0 Å². The Bertz CT molecular complexity index is 562. The van der Waals surface area contributed by atoms with Crippen LogP contribution in [0.15, 0.2) is 18.2 Å². The fourth-order valence-electron chi connectivity index (χ4n) is 1.83. The van der Waals surface area contributed by atoms with Gasteiger partial charge in [-0.3, -0.25) is 0 Å². The minimum absolute atomic E-state index is 0.214. The van der Waals surface area contributed by atoms with E-state index in [0.29, 0.717) is 6.54 Å². The second-order valence-corrected chi connectivity index (χ2v) is 5.43. The van der Waals surface area contributed by atoms with E-state index in [0.717, 1.165) is 20.4 Å². The van der Waals surface area contributed by atoms with Crippen molar-refractivity contribution >= 4 is 45.2 Å². The van der Waals surface area contributed by atoms with Crippen molar-refractivity contribution in [3.8, 4) is 0 Å². The first-order valence-electron chi connectivity index (χ1n) is 5.68. The third kappa shape index (κ3) is 3.76. The Labute approximate surface area is 128 Å². The summed E-state index contributed by atoms with van der Waals surface area (Å²) >= 11 is 8.07. The van der Waals surface area contributed by atoms with Crippen LogP contribution in [0.1, 0.15) is 5.82 Å². The molecule has 0 unspecified atom stereocenters. The van der Waals surface area contributed by atoms with Crippen LogP contribution in [0, 0.1) is 3.57 Å². The Morgan fingerprint density at radius 2 is 2.21 bits per heavy atom. The number of benzene rings is 1. The number of alkyl halides is 3. The lowest BCUT2D eigenvalue weighted by Crippen LogP contribution is -2.12. The van der Waals surface area contributed by atoms with E-state index in [1.807, 2.05) is 22.8 Å². The molecular weight excluding hydrogens is 388 g/mol. The molecule has 0 amide bonds. The minimum Gasteiger partial charge on any atom is -0.374 e. The minimum atomic E-state index is -2.44. The number of halogens is 4. The molecule has 0 aliphatic heterocycles. The van der Waals surface area contributed by atoms with E-state index < -0.39 is 13.0 Å². The predicted octanol–water partition coefficient (Wildman–Crippen LogP) is 3.66. The summed E-state index contributed by atoms with van der Waals surface area (Å²) in [5.74, 6) is 0.999. The fourth-order valence-corrected chi connectivity index (χ4v) is 2.51. The molecule has 7 heteroatoms. The summed E-state index contributed by atoms with van der Waals surface area (Å²) in [5.41, 5.74) is 1.80. The van der Waals surface area contributed by atoms with Crippen molar-refractivity contribution in [3.63, 3.8) is 0 Å². The zero-order valence-electron chi connectivity index (χ0n) is 9.95. The summed E-state index contributed by atoms with van der Waals surface area (Å²) in [6.45, 7) is 0.137. The first-order valence-corrected chi connectivity index (χ1v) is 7.29. The van der Waals surface area contributed by atoms with Gasteiger partial charge in [0.25, 0.3) is 6.43 Å². The molecule has 1 heterocycles. The third-order valence-corrected chi connectivity index (χ3v) is 3.52. The molecule has 2 rings (SSSR count). The molecule has 1 aromatic carbocycles. The van der Waals surface area contributed by atoms with Gasteiger partial charge in [0.15, 0.2) is 0 Å².